The first-order chi connectivity index (χ1) is 7.67. The lowest BCUT2D eigenvalue weighted by atomic mass is 10.3. The summed E-state index contributed by atoms with van der Waals surface area (Å²) >= 11 is 1.67. The number of aromatic nitrogens is 1. The fraction of sp³-hybridized carbons (Fsp3) is 0.636. The molecule has 0 radical (unpaired) electrons. The number of aryl methyl sites for hydroxylation is 1. The minimum Gasteiger partial charge on any atom is -0.465 e. The van der Waals surface area contributed by atoms with Gasteiger partial charge in [0.25, 0.3) is 0 Å². The van der Waals surface area contributed by atoms with Crippen molar-refractivity contribution in [3.05, 3.63) is 16.1 Å². The Morgan fingerprint density at radius 2 is 2.38 bits per heavy atom. The zero-order valence-corrected chi connectivity index (χ0v) is 10.8. The SMILES string of the molecule is CCOC(=O)C(C)NCc1cnc(CC)s1. The fourth-order valence-corrected chi connectivity index (χ4v) is 2.01. The topological polar surface area (TPSA) is 51.2 Å². The number of hydrogen-bond donors (Lipinski definition) is 1. The van der Waals surface area contributed by atoms with E-state index in [4.69, 9.17) is 4.74 Å². The summed E-state index contributed by atoms with van der Waals surface area (Å²) in [5.74, 6) is -0.206. The van der Waals surface area contributed by atoms with Crippen molar-refractivity contribution in [3.63, 3.8) is 0 Å². The van der Waals surface area contributed by atoms with Crippen LogP contribution in [-0.2, 0) is 22.5 Å². The number of thiazole rings is 1. The van der Waals surface area contributed by atoms with Crippen molar-refractivity contribution >= 4 is 17.3 Å². The largest absolute Gasteiger partial charge is 0.465 e. The van der Waals surface area contributed by atoms with Gasteiger partial charge in [0.15, 0.2) is 0 Å². The van der Waals surface area contributed by atoms with E-state index < -0.39 is 0 Å². The van der Waals surface area contributed by atoms with Crippen molar-refractivity contribution in [2.75, 3.05) is 6.61 Å². The van der Waals surface area contributed by atoms with Gasteiger partial charge in [0.1, 0.15) is 6.04 Å². The maximum Gasteiger partial charge on any atom is 0.322 e. The molecule has 1 atom stereocenters. The number of carbonyl (C=O) groups is 1. The van der Waals surface area contributed by atoms with Gasteiger partial charge in [-0.15, -0.1) is 11.3 Å². The number of carbonyl (C=O) groups excluding carboxylic acids is 1. The molecule has 0 aliphatic carbocycles. The molecule has 0 fully saturated rings. The van der Waals surface area contributed by atoms with Crippen LogP contribution in [0.1, 0.15) is 30.7 Å². The number of nitrogens with zero attached hydrogens (tertiary/aromatic N) is 1. The van der Waals surface area contributed by atoms with Gasteiger partial charge in [-0.2, -0.15) is 0 Å². The van der Waals surface area contributed by atoms with E-state index in [1.54, 1.807) is 25.2 Å². The van der Waals surface area contributed by atoms with Crippen LogP contribution in [0, 0.1) is 0 Å². The molecule has 4 nitrogen and oxygen atoms in total. The van der Waals surface area contributed by atoms with E-state index in [2.05, 4.69) is 17.2 Å². The number of rotatable bonds is 6. The molecule has 0 saturated carbocycles. The van der Waals surface area contributed by atoms with Crippen LogP contribution in [0.15, 0.2) is 6.20 Å². The summed E-state index contributed by atoms with van der Waals surface area (Å²) in [6.45, 7) is 6.78. The molecule has 0 spiro atoms. The number of hydrogen-bond acceptors (Lipinski definition) is 5. The standard InChI is InChI=1S/C11H18N2O2S/c1-4-10-13-7-9(16-10)6-12-8(3)11(14)15-5-2/h7-8,12H,4-6H2,1-3H3. The maximum absolute atomic E-state index is 11.3. The van der Waals surface area contributed by atoms with Crippen molar-refractivity contribution in [2.24, 2.45) is 0 Å². The first-order valence-corrected chi connectivity index (χ1v) is 6.32. The van der Waals surface area contributed by atoms with E-state index in [-0.39, 0.29) is 12.0 Å². The maximum atomic E-state index is 11.3. The lowest BCUT2D eigenvalue weighted by Crippen LogP contribution is -2.34. The van der Waals surface area contributed by atoms with Crippen LogP contribution in [0.5, 0.6) is 0 Å². The summed E-state index contributed by atoms with van der Waals surface area (Å²) < 4.78 is 4.90. The second-order valence-electron chi connectivity index (χ2n) is 3.43. The molecule has 0 aromatic carbocycles. The first-order valence-electron chi connectivity index (χ1n) is 5.51. The lowest BCUT2D eigenvalue weighted by molar-refractivity contribution is -0.145. The molecule has 1 heterocycles. The molecule has 1 N–H and O–H groups in total. The zero-order valence-electron chi connectivity index (χ0n) is 9.95. The summed E-state index contributed by atoms with van der Waals surface area (Å²) in [5, 5.41) is 4.24. The van der Waals surface area contributed by atoms with Crippen LogP contribution in [0.2, 0.25) is 0 Å². The minimum absolute atomic E-state index is 0.206. The van der Waals surface area contributed by atoms with Crippen molar-refractivity contribution in [1.82, 2.24) is 10.3 Å². The number of esters is 1. The Labute approximate surface area is 100 Å². The highest BCUT2D eigenvalue weighted by Crippen LogP contribution is 2.12. The normalized spacial score (nSPS) is 12.4. The Bertz CT molecular complexity index is 338. The molecule has 1 aromatic heterocycles. The highest BCUT2D eigenvalue weighted by molar-refractivity contribution is 7.11. The predicted octanol–water partition coefficient (Wildman–Crippen LogP) is 1.75. The third-order valence-electron chi connectivity index (χ3n) is 2.13. The Morgan fingerprint density at radius 3 is 2.94 bits per heavy atom. The predicted molar refractivity (Wildman–Crippen MR) is 64.4 cm³/mol. The van der Waals surface area contributed by atoms with Crippen molar-refractivity contribution in [1.29, 1.82) is 0 Å². The van der Waals surface area contributed by atoms with Crippen LogP contribution in [-0.4, -0.2) is 23.6 Å². The van der Waals surface area contributed by atoms with Crippen LogP contribution < -0.4 is 5.32 Å². The highest BCUT2D eigenvalue weighted by atomic mass is 32.1. The molecule has 0 bridgehead atoms. The van der Waals surface area contributed by atoms with Gasteiger partial charge in [-0.3, -0.25) is 10.1 Å². The van der Waals surface area contributed by atoms with Crippen molar-refractivity contribution < 1.29 is 9.53 Å². The lowest BCUT2D eigenvalue weighted by Gasteiger charge is -2.11. The average molecular weight is 242 g/mol. The van der Waals surface area contributed by atoms with Gasteiger partial charge in [-0.1, -0.05) is 6.92 Å². The molecule has 1 rings (SSSR count). The molecule has 16 heavy (non-hydrogen) atoms. The summed E-state index contributed by atoms with van der Waals surface area (Å²) in [5.41, 5.74) is 0. The highest BCUT2D eigenvalue weighted by Gasteiger charge is 2.13. The molecular formula is C11H18N2O2S. The van der Waals surface area contributed by atoms with E-state index in [0.717, 1.165) is 16.3 Å². The minimum atomic E-state index is -0.271. The molecular weight excluding hydrogens is 224 g/mol. The van der Waals surface area contributed by atoms with Crippen molar-refractivity contribution in [3.8, 4) is 0 Å². The molecule has 1 aromatic rings. The van der Waals surface area contributed by atoms with E-state index in [0.29, 0.717) is 13.2 Å². The average Bonchev–Trinajstić information content (AvgIpc) is 2.74. The molecule has 5 heteroatoms. The molecule has 0 saturated heterocycles. The van der Waals surface area contributed by atoms with Crippen LogP contribution in [0.4, 0.5) is 0 Å². The fourth-order valence-electron chi connectivity index (χ4n) is 1.20. The van der Waals surface area contributed by atoms with Gasteiger partial charge >= 0.3 is 5.97 Å². The van der Waals surface area contributed by atoms with E-state index in [1.807, 2.05) is 6.20 Å². The second-order valence-corrected chi connectivity index (χ2v) is 4.63. The summed E-state index contributed by atoms with van der Waals surface area (Å²) in [4.78, 5) is 16.7. The smallest absolute Gasteiger partial charge is 0.322 e. The van der Waals surface area contributed by atoms with Crippen LogP contribution in [0.25, 0.3) is 0 Å². The molecule has 0 amide bonds. The van der Waals surface area contributed by atoms with E-state index in [9.17, 15) is 4.79 Å². The Balaban J connectivity index is 2.36. The van der Waals surface area contributed by atoms with Gasteiger partial charge < -0.3 is 4.74 Å². The molecule has 1 unspecified atom stereocenters. The first kappa shape index (κ1) is 13.1. The Kier molecular flexibility index (Phi) is 5.42. The number of ether oxygens (including phenoxy) is 1. The Hall–Kier alpha value is -0.940. The monoisotopic (exact) mass is 242 g/mol. The summed E-state index contributed by atoms with van der Waals surface area (Å²) in [7, 11) is 0. The number of nitrogens with one attached hydrogen (secondary N) is 1. The third kappa shape index (κ3) is 3.90. The summed E-state index contributed by atoms with van der Waals surface area (Å²) in [6, 6.07) is -0.271. The zero-order chi connectivity index (χ0) is 12.0. The third-order valence-corrected chi connectivity index (χ3v) is 3.27. The van der Waals surface area contributed by atoms with Gasteiger partial charge in [0.2, 0.25) is 0 Å². The quantitative estimate of drug-likeness (QED) is 0.772. The van der Waals surface area contributed by atoms with Crippen LogP contribution in [0.3, 0.4) is 0 Å². The van der Waals surface area contributed by atoms with Gasteiger partial charge in [0.05, 0.1) is 11.6 Å². The van der Waals surface area contributed by atoms with Gasteiger partial charge in [0, 0.05) is 17.6 Å². The second kappa shape index (κ2) is 6.60. The molecule has 90 valence electrons. The van der Waals surface area contributed by atoms with Crippen molar-refractivity contribution in [2.45, 2.75) is 39.8 Å². The molecule has 0 aliphatic rings. The van der Waals surface area contributed by atoms with Gasteiger partial charge in [-0.25, -0.2) is 4.98 Å². The van der Waals surface area contributed by atoms with Gasteiger partial charge in [-0.05, 0) is 20.3 Å². The van der Waals surface area contributed by atoms with E-state index >= 15 is 0 Å². The summed E-state index contributed by atoms with van der Waals surface area (Å²) in [6.07, 6.45) is 2.81. The van der Waals surface area contributed by atoms with E-state index in [1.165, 1.54) is 0 Å². The Morgan fingerprint density at radius 1 is 1.62 bits per heavy atom. The van der Waals surface area contributed by atoms with Crippen LogP contribution >= 0.6 is 11.3 Å². The molecule has 0 aliphatic heterocycles.